The number of amides is 2. The number of carbonyl (C=O) groups is 2. The Morgan fingerprint density at radius 3 is 2.55 bits per heavy atom. The summed E-state index contributed by atoms with van der Waals surface area (Å²) in [6.07, 6.45) is 0.631. The number of nitrogens with zero attached hydrogens (tertiary/aromatic N) is 1. The van der Waals surface area contributed by atoms with Gasteiger partial charge >= 0.3 is 0 Å². The number of ether oxygens (including phenoxy) is 1. The van der Waals surface area contributed by atoms with Crippen molar-refractivity contribution in [1.29, 1.82) is 0 Å². The van der Waals surface area contributed by atoms with Crippen LogP contribution in [-0.2, 0) is 21.2 Å². The summed E-state index contributed by atoms with van der Waals surface area (Å²) in [7, 11) is -3.84. The molecular weight excluding hydrogens is 442 g/mol. The SMILES string of the molecule is Cc1ccccc1OCC(=O)NNC(=O)c1cccc(S(=O)(=O)N2CCc3ccccc32)c1. The van der Waals surface area contributed by atoms with Crippen LogP contribution in [0.5, 0.6) is 5.75 Å². The maximum atomic E-state index is 13.2. The van der Waals surface area contributed by atoms with E-state index < -0.39 is 21.8 Å². The van der Waals surface area contributed by atoms with Crippen molar-refractivity contribution < 1.29 is 22.7 Å². The summed E-state index contributed by atoms with van der Waals surface area (Å²) in [6, 6.07) is 20.3. The number of anilines is 1. The van der Waals surface area contributed by atoms with Gasteiger partial charge in [0.15, 0.2) is 6.61 Å². The summed E-state index contributed by atoms with van der Waals surface area (Å²) in [5, 5.41) is 0. The third kappa shape index (κ3) is 4.83. The van der Waals surface area contributed by atoms with Gasteiger partial charge in [-0.05, 0) is 54.8 Å². The first-order chi connectivity index (χ1) is 15.9. The van der Waals surface area contributed by atoms with Gasteiger partial charge in [-0.3, -0.25) is 24.7 Å². The number of aryl methyl sites for hydroxylation is 1. The molecule has 170 valence electrons. The zero-order chi connectivity index (χ0) is 23.4. The highest BCUT2D eigenvalue weighted by Crippen LogP contribution is 2.32. The molecule has 0 atom stereocenters. The molecule has 1 heterocycles. The maximum absolute atomic E-state index is 13.2. The van der Waals surface area contributed by atoms with Gasteiger partial charge in [0.05, 0.1) is 10.6 Å². The topological polar surface area (TPSA) is 105 Å². The Kier molecular flexibility index (Phi) is 6.32. The molecule has 3 aromatic rings. The number of benzene rings is 3. The predicted molar refractivity (Wildman–Crippen MR) is 123 cm³/mol. The maximum Gasteiger partial charge on any atom is 0.276 e. The number of hydrogen-bond acceptors (Lipinski definition) is 5. The van der Waals surface area contributed by atoms with Gasteiger partial charge in [-0.1, -0.05) is 42.5 Å². The van der Waals surface area contributed by atoms with Crippen molar-refractivity contribution in [1.82, 2.24) is 10.9 Å². The Labute approximate surface area is 192 Å². The second-order valence-corrected chi connectivity index (χ2v) is 9.40. The number of sulfonamides is 1. The highest BCUT2D eigenvalue weighted by atomic mass is 32.2. The molecule has 0 saturated carbocycles. The molecular formula is C24H23N3O5S. The normalized spacial score (nSPS) is 12.7. The Bertz CT molecular complexity index is 1310. The summed E-state index contributed by atoms with van der Waals surface area (Å²) >= 11 is 0. The van der Waals surface area contributed by atoms with Gasteiger partial charge in [-0.2, -0.15) is 0 Å². The lowest BCUT2D eigenvalue weighted by atomic mass is 10.2. The summed E-state index contributed by atoms with van der Waals surface area (Å²) in [5.74, 6) is -0.623. The van der Waals surface area contributed by atoms with Gasteiger partial charge in [-0.15, -0.1) is 0 Å². The smallest absolute Gasteiger partial charge is 0.276 e. The molecule has 33 heavy (non-hydrogen) atoms. The molecule has 0 aliphatic carbocycles. The van der Waals surface area contributed by atoms with E-state index in [1.54, 1.807) is 24.3 Å². The fourth-order valence-electron chi connectivity index (χ4n) is 3.58. The molecule has 9 heteroatoms. The van der Waals surface area contributed by atoms with Gasteiger partial charge < -0.3 is 4.74 Å². The Morgan fingerprint density at radius 1 is 0.970 bits per heavy atom. The highest BCUT2D eigenvalue weighted by Gasteiger charge is 2.31. The minimum Gasteiger partial charge on any atom is -0.483 e. The Morgan fingerprint density at radius 2 is 1.73 bits per heavy atom. The molecule has 2 amide bonds. The van der Waals surface area contributed by atoms with Gasteiger partial charge in [-0.25, -0.2) is 8.42 Å². The van der Waals surface area contributed by atoms with E-state index in [0.29, 0.717) is 24.4 Å². The monoisotopic (exact) mass is 465 g/mol. The molecule has 8 nitrogen and oxygen atoms in total. The molecule has 4 rings (SSSR count). The highest BCUT2D eigenvalue weighted by molar-refractivity contribution is 7.92. The summed E-state index contributed by atoms with van der Waals surface area (Å²) in [6.45, 7) is 1.92. The summed E-state index contributed by atoms with van der Waals surface area (Å²) in [5.41, 5.74) is 7.15. The number of hydrazine groups is 1. The van der Waals surface area contributed by atoms with Crippen LogP contribution < -0.4 is 19.9 Å². The molecule has 0 unspecified atom stereocenters. The first-order valence-corrected chi connectivity index (χ1v) is 11.8. The molecule has 0 saturated heterocycles. The minimum atomic E-state index is -3.84. The molecule has 0 aromatic heterocycles. The van der Waals surface area contributed by atoms with Gasteiger partial charge in [0, 0.05) is 12.1 Å². The molecule has 1 aliphatic rings. The van der Waals surface area contributed by atoms with Crippen LogP contribution in [0.25, 0.3) is 0 Å². The molecule has 0 spiro atoms. The lowest BCUT2D eigenvalue weighted by Crippen LogP contribution is -2.43. The molecule has 0 bridgehead atoms. The second-order valence-electron chi connectivity index (χ2n) is 7.54. The summed E-state index contributed by atoms with van der Waals surface area (Å²) in [4.78, 5) is 24.5. The number of carbonyl (C=O) groups excluding carboxylic acids is 2. The second kappa shape index (κ2) is 9.33. The average molecular weight is 466 g/mol. The lowest BCUT2D eigenvalue weighted by Gasteiger charge is -2.20. The third-order valence-corrected chi connectivity index (χ3v) is 7.11. The van der Waals surface area contributed by atoms with Crippen molar-refractivity contribution in [3.05, 3.63) is 89.5 Å². The van der Waals surface area contributed by atoms with Crippen molar-refractivity contribution in [2.75, 3.05) is 17.5 Å². The van der Waals surface area contributed by atoms with Crippen LogP contribution >= 0.6 is 0 Å². The standard InChI is InChI=1S/C24H23N3O5S/c1-17-7-2-5-12-22(17)32-16-23(28)25-26-24(29)19-9-6-10-20(15-19)33(30,31)27-14-13-18-8-3-4-11-21(18)27/h2-12,15H,13-14,16H2,1H3,(H,25,28)(H,26,29). The zero-order valence-corrected chi connectivity index (χ0v) is 18.8. The summed E-state index contributed by atoms with van der Waals surface area (Å²) < 4.78 is 33.2. The number of rotatable bonds is 6. The number of para-hydroxylation sites is 2. The lowest BCUT2D eigenvalue weighted by molar-refractivity contribution is -0.123. The molecule has 0 radical (unpaired) electrons. The number of hydrogen-bond donors (Lipinski definition) is 2. The van der Waals surface area contributed by atoms with E-state index in [2.05, 4.69) is 10.9 Å². The fourth-order valence-corrected chi connectivity index (χ4v) is 5.13. The van der Waals surface area contributed by atoms with Crippen molar-refractivity contribution in [3.8, 4) is 5.75 Å². The van der Waals surface area contributed by atoms with Crippen LogP contribution in [-0.4, -0.2) is 33.4 Å². The van der Waals surface area contributed by atoms with E-state index >= 15 is 0 Å². The van der Waals surface area contributed by atoms with Crippen LogP contribution in [0.1, 0.15) is 21.5 Å². The van der Waals surface area contributed by atoms with Gasteiger partial charge in [0.2, 0.25) is 0 Å². The first kappa shape index (κ1) is 22.3. The van der Waals surface area contributed by atoms with Crippen LogP contribution in [0.15, 0.2) is 77.7 Å². The molecule has 0 fully saturated rings. The van der Waals surface area contributed by atoms with E-state index in [9.17, 15) is 18.0 Å². The molecule has 2 N–H and O–H groups in total. The number of nitrogens with one attached hydrogen (secondary N) is 2. The molecule has 3 aromatic carbocycles. The minimum absolute atomic E-state index is 0.000987. The average Bonchev–Trinajstić information content (AvgIpc) is 3.27. The van der Waals surface area contributed by atoms with Crippen LogP contribution in [0.2, 0.25) is 0 Å². The van der Waals surface area contributed by atoms with Crippen LogP contribution in [0.3, 0.4) is 0 Å². The molecule has 1 aliphatic heterocycles. The Hall–Kier alpha value is -3.85. The van der Waals surface area contributed by atoms with Crippen molar-refractivity contribution >= 4 is 27.5 Å². The fraction of sp³-hybridized carbons (Fsp3) is 0.167. The van der Waals surface area contributed by atoms with E-state index in [1.165, 1.54) is 28.6 Å². The van der Waals surface area contributed by atoms with Gasteiger partial charge in [0.1, 0.15) is 5.75 Å². The van der Waals surface area contributed by atoms with Crippen molar-refractivity contribution in [3.63, 3.8) is 0 Å². The van der Waals surface area contributed by atoms with E-state index in [1.807, 2.05) is 31.2 Å². The van der Waals surface area contributed by atoms with Crippen molar-refractivity contribution in [2.45, 2.75) is 18.2 Å². The first-order valence-electron chi connectivity index (χ1n) is 10.3. The predicted octanol–water partition coefficient (Wildman–Crippen LogP) is 2.59. The van der Waals surface area contributed by atoms with E-state index in [4.69, 9.17) is 4.74 Å². The van der Waals surface area contributed by atoms with Crippen LogP contribution in [0, 0.1) is 6.92 Å². The van der Waals surface area contributed by atoms with Crippen molar-refractivity contribution in [2.24, 2.45) is 0 Å². The largest absolute Gasteiger partial charge is 0.483 e. The number of fused-ring (bicyclic) bond motifs is 1. The Balaban J connectivity index is 1.40. The third-order valence-electron chi connectivity index (χ3n) is 5.30. The van der Waals surface area contributed by atoms with Gasteiger partial charge in [0.25, 0.3) is 21.8 Å². The quantitative estimate of drug-likeness (QED) is 0.545. The van der Waals surface area contributed by atoms with Crippen LogP contribution in [0.4, 0.5) is 5.69 Å². The van der Waals surface area contributed by atoms with E-state index in [0.717, 1.165) is 11.1 Å². The zero-order valence-electron chi connectivity index (χ0n) is 17.9. The van der Waals surface area contributed by atoms with E-state index in [-0.39, 0.29) is 17.1 Å².